The van der Waals surface area contributed by atoms with E-state index in [1.165, 1.54) is 18.2 Å². The molecule has 1 atom stereocenters. The van der Waals surface area contributed by atoms with Crippen LogP contribution in [0, 0.1) is 0 Å². The van der Waals surface area contributed by atoms with Gasteiger partial charge in [0.2, 0.25) is 0 Å². The van der Waals surface area contributed by atoms with Crippen LogP contribution in [0.3, 0.4) is 0 Å². The van der Waals surface area contributed by atoms with Crippen molar-refractivity contribution in [2.24, 2.45) is 5.73 Å². The van der Waals surface area contributed by atoms with E-state index in [2.05, 4.69) is 0 Å². The van der Waals surface area contributed by atoms with E-state index in [9.17, 15) is 13.6 Å². The average molecular weight is 215 g/mol. The van der Waals surface area contributed by atoms with Crippen molar-refractivity contribution >= 4 is 5.97 Å². The largest absolute Gasteiger partial charge is 0.480 e. The van der Waals surface area contributed by atoms with Crippen LogP contribution in [-0.4, -0.2) is 17.1 Å². The van der Waals surface area contributed by atoms with Crippen LogP contribution >= 0.6 is 0 Å². The monoisotopic (exact) mass is 215 g/mol. The topological polar surface area (TPSA) is 63.3 Å². The summed E-state index contributed by atoms with van der Waals surface area (Å²) in [5, 5.41) is 8.56. The molecule has 0 aliphatic carbocycles. The molecule has 3 N–H and O–H groups in total. The maximum atomic E-state index is 12.5. The molecule has 0 unspecified atom stereocenters. The number of benzene rings is 1. The number of nitrogens with two attached hydrogens (primary N) is 1. The highest BCUT2D eigenvalue weighted by Crippen LogP contribution is 2.23. The molecule has 0 aliphatic rings. The number of rotatable bonds is 4. The molecule has 1 aromatic rings. The molecule has 15 heavy (non-hydrogen) atoms. The van der Waals surface area contributed by atoms with Crippen LogP contribution in [0.5, 0.6) is 0 Å². The van der Waals surface area contributed by atoms with Crippen molar-refractivity contribution in [2.75, 3.05) is 0 Å². The highest BCUT2D eigenvalue weighted by molar-refractivity contribution is 5.73. The van der Waals surface area contributed by atoms with Gasteiger partial charge in [0.25, 0.3) is 6.43 Å². The van der Waals surface area contributed by atoms with E-state index < -0.39 is 18.4 Å². The number of hydrogen-bond donors (Lipinski definition) is 2. The van der Waals surface area contributed by atoms with Gasteiger partial charge in [-0.1, -0.05) is 24.3 Å². The highest BCUT2D eigenvalue weighted by Gasteiger charge is 2.17. The predicted molar refractivity (Wildman–Crippen MR) is 50.7 cm³/mol. The molecule has 0 saturated carbocycles. The zero-order valence-corrected chi connectivity index (χ0v) is 7.86. The van der Waals surface area contributed by atoms with Gasteiger partial charge >= 0.3 is 5.97 Å². The molecule has 0 bridgehead atoms. The second kappa shape index (κ2) is 4.84. The predicted octanol–water partition coefficient (Wildman–Crippen LogP) is 1.58. The maximum absolute atomic E-state index is 12.5. The SMILES string of the molecule is N[C@H](Cc1ccccc1C(F)F)C(=O)O. The third-order valence-electron chi connectivity index (χ3n) is 2.05. The van der Waals surface area contributed by atoms with Crippen LogP contribution in [0.1, 0.15) is 17.6 Å². The van der Waals surface area contributed by atoms with Crippen LogP contribution in [0.15, 0.2) is 24.3 Å². The van der Waals surface area contributed by atoms with E-state index in [-0.39, 0.29) is 17.5 Å². The van der Waals surface area contributed by atoms with Crippen LogP contribution in [-0.2, 0) is 11.2 Å². The number of carbonyl (C=O) groups is 1. The summed E-state index contributed by atoms with van der Waals surface area (Å²) >= 11 is 0. The van der Waals surface area contributed by atoms with Gasteiger partial charge in [0.15, 0.2) is 0 Å². The molecule has 1 aromatic carbocycles. The Labute approximate surface area is 85.5 Å². The fraction of sp³-hybridized carbons (Fsp3) is 0.300. The van der Waals surface area contributed by atoms with E-state index in [1.54, 1.807) is 6.07 Å². The molecule has 0 saturated heterocycles. The lowest BCUT2D eigenvalue weighted by Crippen LogP contribution is -2.32. The van der Waals surface area contributed by atoms with E-state index in [4.69, 9.17) is 10.8 Å². The first-order chi connectivity index (χ1) is 7.02. The van der Waals surface area contributed by atoms with Gasteiger partial charge in [0, 0.05) is 5.56 Å². The number of alkyl halides is 2. The number of carboxylic acid groups (broad SMARTS) is 1. The minimum Gasteiger partial charge on any atom is -0.480 e. The summed E-state index contributed by atoms with van der Waals surface area (Å²) in [6.07, 6.45) is -2.70. The number of hydrogen-bond acceptors (Lipinski definition) is 2. The summed E-state index contributed by atoms with van der Waals surface area (Å²) in [5.41, 5.74) is 5.39. The fourth-order valence-electron chi connectivity index (χ4n) is 1.26. The molecule has 0 amide bonds. The van der Waals surface area contributed by atoms with Crippen LogP contribution < -0.4 is 5.73 Å². The minimum absolute atomic E-state index is 0.0875. The van der Waals surface area contributed by atoms with Crippen molar-refractivity contribution in [3.8, 4) is 0 Å². The summed E-state index contributed by atoms with van der Waals surface area (Å²) in [4.78, 5) is 10.5. The Balaban J connectivity index is 2.89. The third-order valence-corrected chi connectivity index (χ3v) is 2.05. The number of halogens is 2. The van der Waals surface area contributed by atoms with Gasteiger partial charge in [-0.3, -0.25) is 4.79 Å². The molecule has 0 radical (unpaired) electrons. The Kier molecular flexibility index (Phi) is 3.74. The summed E-state index contributed by atoms with van der Waals surface area (Å²) < 4.78 is 25.0. The molecular formula is C10H11F2NO2. The molecule has 5 heteroatoms. The Morgan fingerprint density at radius 2 is 2.00 bits per heavy atom. The standard InChI is InChI=1S/C10H11F2NO2/c11-9(12)7-4-2-1-3-6(7)5-8(13)10(14)15/h1-4,8-9H,5,13H2,(H,14,15)/t8-/m1/s1. The van der Waals surface area contributed by atoms with Gasteiger partial charge in [-0.15, -0.1) is 0 Å². The van der Waals surface area contributed by atoms with Gasteiger partial charge in [0.05, 0.1) is 0 Å². The van der Waals surface area contributed by atoms with Crippen molar-refractivity contribution in [1.82, 2.24) is 0 Å². The number of aliphatic carboxylic acids is 1. The van der Waals surface area contributed by atoms with Gasteiger partial charge in [-0.25, -0.2) is 8.78 Å². The molecule has 0 spiro atoms. The molecule has 82 valence electrons. The van der Waals surface area contributed by atoms with Crippen molar-refractivity contribution in [1.29, 1.82) is 0 Å². The van der Waals surface area contributed by atoms with Crippen molar-refractivity contribution in [2.45, 2.75) is 18.9 Å². The zero-order valence-electron chi connectivity index (χ0n) is 7.86. The van der Waals surface area contributed by atoms with Crippen LogP contribution in [0.2, 0.25) is 0 Å². The smallest absolute Gasteiger partial charge is 0.320 e. The zero-order chi connectivity index (χ0) is 11.4. The van der Waals surface area contributed by atoms with E-state index >= 15 is 0 Å². The molecule has 0 fully saturated rings. The quantitative estimate of drug-likeness (QED) is 0.801. The lowest BCUT2D eigenvalue weighted by Gasteiger charge is -2.10. The molecule has 0 heterocycles. The van der Waals surface area contributed by atoms with E-state index in [1.807, 2.05) is 0 Å². The third kappa shape index (κ3) is 2.99. The highest BCUT2D eigenvalue weighted by atomic mass is 19.3. The lowest BCUT2D eigenvalue weighted by molar-refractivity contribution is -0.138. The second-order valence-electron chi connectivity index (χ2n) is 3.15. The van der Waals surface area contributed by atoms with Gasteiger partial charge in [0.1, 0.15) is 6.04 Å². The normalized spacial score (nSPS) is 12.8. The summed E-state index contributed by atoms with van der Waals surface area (Å²) in [7, 11) is 0. The lowest BCUT2D eigenvalue weighted by atomic mass is 10.0. The Bertz CT molecular complexity index is 355. The minimum atomic E-state index is -2.61. The molecule has 3 nitrogen and oxygen atoms in total. The second-order valence-corrected chi connectivity index (χ2v) is 3.15. The summed E-state index contributed by atoms with van der Waals surface area (Å²) in [6.45, 7) is 0. The van der Waals surface area contributed by atoms with Gasteiger partial charge in [-0.05, 0) is 12.0 Å². The van der Waals surface area contributed by atoms with Gasteiger partial charge < -0.3 is 10.8 Å². The fourth-order valence-corrected chi connectivity index (χ4v) is 1.26. The number of carboxylic acids is 1. The average Bonchev–Trinajstić information content (AvgIpc) is 2.18. The van der Waals surface area contributed by atoms with Crippen LogP contribution in [0.4, 0.5) is 8.78 Å². The summed E-state index contributed by atoms with van der Waals surface area (Å²) in [5.74, 6) is -1.20. The first-order valence-corrected chi connectivity index (χ1v) is 4.36. The van der Waals surface area contributed by atoms with Crippen molar-refractivity contribution in [3.63, 3.8) is 0 Å². The van der Waals surface area contributed by atoms with Gasteiger partial charge in [-0.2, -0.15) is 0 Å². The first-order valence-electron chi connectivity index (χ1n) is 4.36. The van der Waals surface area contributed by atoms with E-state index in [0.717, 1.165) is 0 Å². The molecule has 0 aromatic heterocycles. The molecule has 0 aliphatic heterocycles. The van der Waals surface area contributed by atoms with E-state index in [0.29, 0.717) is 0 Å². The van der Waals surface area contributed by atoms with Crippen LogP contribution in [0.25, 0.3) is 0 Å². The Hall–Kier alpha value is -1.49. The Morgan fingerprint density at radius 1 is 1.40 bits per heavy atom. The molecule has 1 rings (SSSR count). The Morgan fingerprint density at radius 3 is 2.53 bits per heavy atom. The first kappa shape index (κ1) is 11.6. The van der Waals surface area contributed by atoms with Crippen molar-refractivity contribution in [3.05, 3.63) is 35.4 Å². The molecular weight excluding hydrogens is 204 g/mol. The van der Waals surface area contributed by atoms with Crippen molar-refractivity contribution < 1.29 is 18.7 Å². The maximum Gasteiger partial charge on any atom is 0.320 e. The summed E-state index contributed by atoms with van der Waals surface area (Å²) in [6, 6.07) is 4.65.